The van der Waals surface area contributed by atoms with Crippen molar-refractivity contribution in [2.24, 2.45) is 5.41 Å². The van der Waals surface area contributed by atoms with E-state index in [0.717, 1.165) is 22.5 Å². The number of aryl methyl sites for hydroxylation is 1. The second kappa shape index (κ2) is 8.58. The number of carbonyl (C=O) groups is 2. The lowest BCUT2D eigenvalue weighted by Crippen LogP contribution is -2.43. The molecule has 1 aliphatic heterocycles. The molecular weight excluding hydrogens is 418 g/mol. The maximum Gasteiger partial charge on any atom is 0.232 e. The molecule has 1 aliphatic carbocycles. The Balaban J connectivity index is 1.95. The number of methoxy groups -OCH3 is 3. The fourth-order valence-electron chi connectivity index (χ4n) is 5.15. The van der Waals surface area contributed by atoms with Gasteiger partial charge in [-0.25, -0.2) is 0 Å². The van der Waals surface area contributed by atoms with Gasteiger partial charge >= 0.3 is 0 Å². The first-order valence-electron chi connectivity index (χ1n) is 11.2. The number of allylic oxidation sites excluding steroid dienone is 2. The maximum atomic E-state index is 13.6. The minimum Gasteiger partial charge on any atom is -0.493 e. The Labute approximate surface area is 195 Å². The third-order valence-corrected chi connectivity index (χ3v) is 6.51. The van der Waals surface area contributed by atoms with Crippen molar-refractivity contribution in [3.8, 4) is 17.2 Å². The molecule has 0 fully saturated rings. The third-order valence-electron chi connectivity index (χ3n) is 6.51. The van der Waals surface area contributed by atoms with Gasteiger partial charge in [-0.15, -0.1) is 0 Å². The zero-order valence-corrected chi connectivity index (χ0v) is 20.2. The van der Waals surface area contributed by atoms with Gasteiger partial charge < -0.3 is 14.2 Å². The summed E-state index contributed by atoms with van der Waals surface area (Å²) in [5.41, 5.74) is 3.87. The Morgan fingerprint density at radius 3 is 2.30 bits per heavy atom. The van der Waals surface area contributed by atoms with Crippen molar-refractivity contribution in [1.29, 1.82) is 0 Å². The van der Waals surface area contributed by atoms with Gasteiger partial charge in [-0.05, 0) is 42.5 Å². The van der Waals surface area contributed by atoms with Gasteiger partial charge in [0.2, 0.25) is 11.7 Å². The van der Waals surface area contributed by atoms with Crippen LogP contribution in [-0.2, 0) is 9.59 Å². The summed E-state index contributed by atoms with van der Waals surface area (Å²) in [6, 6.07) is 11.5. The smallest absolute Gasteiger partial charge is 0.232 e. The number of benzene rings is 2. The molecule has 6 heteroatoms. The summed E-state index contributed by atoms with van der Waals surface area (Å²) < 4.78 is 16.7. The van der Waals surface area contributed by atoms with E-state index in [4.69, 9.17) is 14.2 Å². The van der Waals surface area contributed by atoms with Crippen LogP contribution >= 0.6 is 0 Å². The van der Waals surface area contributed by atoms with Crippen LogP contribution in [-0.4, -0.2) is 33.0 Å². The van der Waals surface area contributed by atoms with E-state index in [1.54, 1.807) is 32.3 Å². The minimum absolute atomic E-state index is 0.0355. The van der Waals surface area contributed by atoms with Crippen molar-refractivity contribution in [1.82, 2.24) is 0 Å². The van der Waals surface area contributed by atoms with Gasteiger partial charge in [0.25, 0.3) is 0 Å². The van der Waals surface area contributed by atoms with Crippen LogP contribution in [0.25, 0.3) is 0 Å². The molecule has 1 atom stereocenters. The zero-order valence-electron chi connectivity index (χ0n) is 20.2. The second-order valence-electron chi connectivity index (χ2n) is 9.55. The van der Waals surface area contributed by atoms with Crippen molar-refractivity contribution in [3.05, 3.63) is 58.8 Å². The van der Waals surface area contributed by atoms with Crippen molar-refractivity contribution in [2.75, 3.05) is 26.2 Å². The van der Waals surface area contributed by atoms with E-state index in [2.05, 4.69) is 13.8 Å². The first-order chi connectivity index (χ1) is 15.7. The highest BCUT2D eigenvalue weighted by Gasteiger charge is 2.45. The largest absolute Gasteiger partial charge is 0.493 e. The summed E-state index contributed by atoms with van der Waals surface area (Å²) in [7, 11) is 4.68. The average molecular weight is 450 g/mol. The monoisotopic (exact) mass is 449 g/mol. The molecule has 0 radical (unpaired) electrons. The zero-order chi connectivity index (χ0) is 23.9. The topological polar surface area (TPSA) is 65.1 Å². The summed E-state index contributed by atoms with van der Waals surface area (Å²) >= 11 is 0. The molecular formula is C27H31NO5. The molecule has 0 saturated carbocycles. The SMILES string of the molecule is COc1ccc([C@H]2CC(=O)N(c3cccc(C)c3)C3=C2C(=O)CC(C)(C)C3)c(OC)c1OC. The van der Waals surface area contributed by atoms with Crippen molar-refractivity contribution >= 4 is 17.4 Å². The van der Waals surface area contributed by atoms with Gasteiger partial charge in [-0.3, -0.25) is 14.5 Å². The second-order valence-corrected chi connectivity index (χ2v) is 9.55. The molecule has 0 bridgehead atoms. The molecule has 0 spiro atoms. The highest BCUT2D eigenvalue weighted by Crippen LogP contribution is 2.52. The van der Waals surface area contributed by atoms with E-state index in [9.17, 15) is 9.59 Å². The predicted molar refractivity (Wildman–Crippen MR) is 127 cm³/mol. The van der Waals surface area contributed by atoms with Gasteiger partial charge in [-0.2, -0.15) is 0 Å². The Morgan fingerprint density at radius 1 is 0.939 bits per heavy atom. The number of amides is 1. The molecule has 0 N–H and O–H groups in total. The van der Waals surface area contributed by atoms with Gasteiger partial charge in [0, 0.05) is 41.3 Å². The molecule has 1 heterocycles. The predicted octanol–water partition coefficient (Wildman–Crippen LogP) is 5.18. The molecule has 2 aliphatic rings. The van der Waals surface area contributed by atoms with E-state index >= 15 is 0 Å². The molecule has 174 valence electrons. The number of anilines is 1. The number of ketones is 1. The fourth-order valence-corrected chi connectivity index (χ4v) is 5.15. The Bertz CT molecular complexity index is 1150. The first kappa shape index (κ1) is 22.9. The fraction of sp³-hybridized carbons (Fsp3) is 0.407. The van der Waals surface area contributed by atoms with Gasteiger partial charge in [0.1, 0.15) is 0 Å². The minimum atomic E-state index is -0.410. The highest BCUT2D eigenvalue weighted by molar-refractivity contribution is 6.08. The Morgan fingerprint density at radius 2 is 1.67 bits per heavy atom. The molecule has 0 unspecified atom stereocenters. The Kier molecular flexibility index (Phi) is 5.95. The van der Waals surface area contributed by atoms with Gasteiger partial charge in [0.15, 0.2) is 17.3 Å². The molecule has 4 rings (SSSR count). The third kappa shape index (κ3) is 3.99. The summed E-state index contributed by atoms with van der Waals surface area (Å²) in [5.74, 6) is 1.11. The highest BCUT2D eigenvalue weighted by atomic mass is 16.5. The van der Waals surface area contributed by atoms with E-state index in [1.807, 2.05) is 37.3 Å². The lowest BCUT2D eigenvalue weighted by molar-refractivity contribution is -0.121. The van der Waals surface area contributed by atoms with E-state index in [-0.39, 0.29) is 23.5 Å². The van der Waals surface area contributed by atoms with Crippen LogP contribution in [0.15, 0.2) is 47.7 Å². The number of Topliss-reactive ketones (excluding diaryl/α,β-unsaturated/α-hetero) is 1. The lowest BCUT2D eigenvalue weighted by atomic mass is 9.69. The Hall–Kier alpha value is -3.28. The van der Waals surface area contributed by atoms with Crippen LogP contribution in [0.3, 0.4) is 0 Å². The molecule has 0 saturated heterocycles. The maximum absolute atomic E-state index is 13.6. The number of hydrogen-bond acceptors (Lipinski definition) is 5. The van der Waals surface area contributed by atoms with Crippen LogP contribution in [0.1, 0.15) is 50.2 Å². The normalized spacial score (nSPS) is 19.9. The molecule has 2 aromatic rings. The summed E-state index contributed by atoms with van der Waals surface area (Å²) in [5, 5.41) is 0. The quantitative estimate of drug-likeness (QED) is 0.629. The van der Waals surface area contributed by atoms with E-state index in [0.29, 0.717) is 35.7 Å². The molecule has 0 aromatic heterocycles. The van der Waals surface area contributed by atoms with E-state index < -0.39 is 5.92 Å². The molecule has 33 heavy (non-hydrogen) atoms. The molecule has 6 nitrogen and oxygen atoms in total. The first-order valence-corrected chi connectivity index (χ1v) is 11.2. The summed E-state index contributed by atoms with van der Waals surface area (Å²) in [6.45, 7) is 6.16. The van der Waals surface area contributed by atoms with Crippen LogP contribution in [0.2, 0.25) is 0 Å². The van der Waals surface area contributed by atoms with Crippen LogP contribution in [0, 0.1) is 12.3 Å². The standard InChI is InChI=1S/C27H31NO5/c1-16-8-7-9-17(12-16)28-20-14-27(2,3)15-21(29)24(20)19(13-23(28)30)18-10-11-22(31-4)26(33-6)25(18)32-5/h7-12,19H,13-15H2,1-6H3/t19-/m1/s1. The van der Waals surface area contributed by atoms with Crippen LogP contribution in [0.4, 0.5) is 5.69 Å². The van der Waals surface area contributed by atoms with E-state index in [1.165, 1.54) is 0 Å². The van der Waals surface area contributed by atoms with Gasteiger partial charge in [-0.1, -0.05) is 32.0 Å². The van der Waals surface area contributed by atoms with Crippen LogP contribution < -0.4 is 19.1 Å². The number of hydrogen-bond donors (Lipinski definition) is 0. The lowest BCUT2D eigenvalue weighted by Gasteiger charge is -2.43. The van der Waals surface area contributed by atoms with Crippen molar-refractivity contribution < 1.29 is 23.8 Å². The van der Waals surface area contributed by atoms with Crippen molar-refractivity contribution in [3.63, 3.8) is 0 Å². The van der Waals surface area contributed by atoms with Crippen LogP contribution in [0.5, 0.6) is 17.2 Å². The number of rotatable bonds is 5. The number of ether oxygens (including phenoxy) is 3. The summed E-state index contributed by atoms with van der Waals surface area (Å²) in [6.07, 6.45) is 1.25. The summed E-state index contributed by atoms with van der Waals surface area (Å²) in [4.78, 5) is 28.9. The molecule has 2 aromatic carbocycles. The number of carbonyl (C=O) groups excluding carboxylic acids is 2. The van der Waals surface area contributed by atoms with Crippen molar-refractivity contribution in [2.45, 2.75) is 46.0 Å². The number of nitrogens with zero attached hydrogens (tertiary/aromatic N) is 1. The molecule has 1 amide bonds. The average Bonchev–Trinajstić information content (AvgIpc) is 2.76. The van der Waals surface area contributed by atoms with Gasteiger partial charge in [0.05, 0.1) is 21.3 Å².